The lowest BCUT2D eigenvalue weighted by molar-refractivity contribution is -0.217. The van der Waals surface area contributed by atoms with Gasteiger partial charge in [0.05, 0.1) is 13.2 Å². The molecule has 2 heterocycles. The van der Waals surface area contributed by atoms with E-state index in [0.717, 1.165) is 26.2 Å². The molecular weight excluding hydrogens is 132 g/mol. The highest BCUT2D eigenvalue weighted by Gasteiger charge is 2.33. The monoisotopic (exact) mass is 144 g/mol. The van der Waals surface area contributed by atoms with E-state index in [0.29, 0.717) is 12.7 Å². The molecule has 0 saturated carbocycles. The highest BCUT2D eigenvalue weighted by atomic mass is 16.6. The Hall–Kier alpha value is -0.120. The molecule has 58 valence electrons. The fraction of sp³-hybridized carbons (Fsp3) is 1.00. The first kappa shape index (κ1) is 6.58. The molecule has 0 bridgehead atoms. The van der Waals surface area contributed by atoms with Crippen LogP contribution in [0.3, 0.4) is 0 Å². The lowest BCUT2D eigenvalue weighted by atomic mass is 10.1. The molecule has 3 heteroatoms. The van der Waals surface area contributed by atoms with Crippen LogP contribution in [0.15, 0.2) is 0 Å². The van der Waals surface area contributed by atoms with Gasteiger partial charge in [0.25, 0.3) is 0 Å². The van der Waals surface area contributed by atoms with Gasteiger partial charge in [0.1, 0.15) is 12.2 Å². The molecule has 0 radical (unpaired) electrons. The van der Waals surface area contributed by atoms with Gasteiger partial charge < -0.3 is 14.2 Å². The number of hydrogen-bond donors (Lipinski definition) is 0. The van der Waals surface area contributed by atoms with Crippen molar-refractivity contribution < 1.29 is 14.2 Å². The molecule has 0 aliphatic carbocycles. The van der Waals surface area contributed by atoms with E-state index in [4.69, 9.17) is 14.2 Å². The molecule has 0 aromatic rings. The Balaban J connectivity index is 1.83. The van der Waals surface area contributed by atoms with Gasteiger partial charge in [0.15, 0.2) is 0 Å². The molecular formula is C7H12O3. The van der Waals surface area contributed by atoms with Gasteiger partial charge in [-0.1, -0.05) is 0 Å². The van der Waals surface area contributed by atoms with E-state index >= 15 is 0 Å². The van der Waals surface area contributed by atoms with Crippen molar-refractivity contribution in [2.45, 2.75) is 18.6 Å². The smallest absolute Gasteiger partial charge is 0.109 e. The summed E-state index contributed by atoms with van der Waals surface area (Å²) in [6, 6.07) is 0. The van der Waals surface area contributed by atoms with Crippen LogP contribution >= 0.6 is 0 Å². The Morgan fingerprint density at radius 2 is 1.80 bits per heavy atom. The zero-order valence-electron chi connectivity index (χ0n) is 5.91. The summed E-state index contributed by atoms with van der Waals surface area (Å²) in [5.74, 6) is 0. The van der Waals surface area contributed by atoms with Gasteiger partial charge in [0.2, 0.25) is 0 Å². The van der Waals surface area contributed by atoms with Crippen LogP contribution in [0.2, 0.25) is 0 Å². The van der Waals surface area contributed by atoms with Crippen LogP contribution < -0.4 is 0 Å². The highest BCUT2D eigenvalue weighted by Crippen LogP contribution is 2.18. The van der Waals surface area contributed by atoms with E-state index in [1.807, 2.05) is 0 Å². The molecule has 0 aromatic carbocycles. The minimum absolute atomic E-state index is 0.222. The van der Waals surface area contributed by atoms with Crippen molar-refractivity contribution in [1.29, 1.82) is 0 Å². The zero-order chi connectivity index (χ0) is 6.81. The molecule has 2 rings (SSSR count). The van der Waals surface area contributed by atoms with E-state index in [9.17, 15) is 0 Å². The molecule has 0 aromatic heterocycles. The summed E-state index contributed by atoms with van der Waals surface area (Å²) in [6.07, 6.45) is 1.56. The molecule has 10 heavy (non-hydrogen) atoms. The average Bonchev–Trinajstić information content (AvgIpc) is 1.89. The maximum absolute atomic E-state index is 5.48. The molecule has 2 saturated heterocycles. The summed E-state index contributed by atoms with van der Waals surface area (Å²) in [6.45, 7) is 3.11. The number of rotatable bonds is 0. The largest absolute Gasteiger partial charge is 0.379 e. The topological polar surface area (TPSA) is 27.7 Å². The highest BCUT2D eigenvalue weighted by molar-refractivity contribution is 4.80. The minimum atomic E-state index is 0.222. The van der Waals surface area contributed by atoms with Crippen molar-refractivity contribution in [2.75, 3.05) is 26.4 Å². The number of fused-ring (bicyclic) bond motifs is 1. The Morgan fingerprint density at radius 1 is 0.900 bits per heavy atom. The first-order chi connectivity index (χ1) is 4.97. The molecule has 0 N–H and O–H groups in total. The van der Waals surface area contributed by atoms with Gasteiger partial charge in [0, 0.05) is 13.2 Å². The normalized spacial score (nSPS) is 40.8. The van der Waals surface area contributed by atoms with E-state index in [2.05, 4.69) is 0 Å². The van der Waals surface area contributed by atoms with Crippen molar-refractivity contribution in [3.63, 3.8) is 0 Å². The lowest BCUT2D eigenvalue weighted by Gasteiger charge is -2.37. The third kappa shape index (κ3) is 1.17. The summed E-state index contributed by atoms with van der Waals surface area (Å²) in [4.78, 5) is 0. The van der Waals surface area contributed by atoms with Crippen molar-refractivity contribution >= 4 is 0 Å². The van der Waals surface area contributed by atoms with Crippen LogP contribution in [0.1, 0.15) is 6.42 Å². The van der Waals surface area contributed by atoms with Crippen molar-refractivity contribution in [3.05, 3.63) is 0 Å². The quantitative estimate of drug-likeness (QED) is 0.485. The van der Waals surface area contributed by atoms with Crippen LogP contribution in [0.4, 0.5) is 0 Å². The Labute approximate surface area is 60.3 Å². The SMILES string of the molecule is C1COCC2OCC2OC1. The molecule has 2 fully saturated rings. The number of ether oxygens (including phenoxy) is 3. The maximum Gasteiger partial charge on any atom is 0.109 e. The zero-order valence-corrected chi connectivity index (χ0v) is 5.91. The summed E-state index contributed by atoms with van der Waals surface area (Å²) in [5, 5.41) is 0. The van der Waals surface area contributed by atoms with Crippen LogP contribution in [-0.4, -0.2) is 38.6 Å². The molecule has 3 nitrogen and oxygen atoms in total. The number of hydrogen-bond acceptors (Lipinski definition) is 3. The molecule has 2 atom stereocenters. The average molecular weight is 144 g/mol. The standard InChI is InChI=1S/C7H12O3/c1-2-8-4-6-7(5-10-6)9-3-1/h6-7H,1-5H2. The van der Waals surface area contributed by atoms with E-state index in [-0.39, 0.29) is 6.10 Å². The Bertz CT molecular complexity index is 101. The Morgan fingerprint density at radius 3 is 2.60 bits per heavy atom. The van der Waals surface area contributed by atoms with Crippen molar-refractivity contribution in [3.8, 4) is 0 Å². The van der Waals surface area contributed by atoms with Gasteiger partial charge in [-0.2, -0.15) is 0 Å². The Kier molecular flexibility index (Phi) is 1.88. The van der Waals surface area contributed by atoms with Gasteiger partial charge in [-0.15, -0.1) is 0 Å². The summed E-state index contributed by atoms with van der Waals surface area (Å²) in [7, 11) is 0. The van der Waals surface area contributed by atoms with Crippen molar-refractivity contribution in [1.82, 2.24) is 0 Å². The third-order valence-corrected chi connectivity index (χ3v) is 1.94. The second kappa shape index (κ2) is 2.86. The van der Waals surface area contributed by atoms with Crippen LogP contribution in [-0.2, 0) is 14.2 Å². The molecule has 0 spiro atoms. The second-order valence-corrected chi connectivity index (χ2v) is 2.71. The van der Waals surface area contributed by atoms with E-state index in [1.54, 1.807) is 0 Å². The fourth-order valence-corrected chi connectivity index (χ4v) is 1.22. The van der Waals surface area contributed by atoms with Gasteiger partial charge in [-0.3, -0.25) is 0 Å². The molecule has 0 amide bonds. The summed E-state index contributed by atoms with van der Waals surface area (Å²) >= 11 is 0. The van der Waals surface area contributed by atoms with Gasteiger partial charge in [-0.25, -0.2) is 0 Å². The lowest BCUT2D eigenvalue weighted by Crippen LogP contribution is -2.50. The van der Waals surface area contributed by atoms with Gasteiger partial charge in [-0.05, 0) is 6.42 Å². The first-order valence-electron chi connectivity index (χ1n) is 3.78. The summed E-state index contributed by atoms with van der Waals surface area (Å²) < 4.78 is 16.0. The predicted molar refractivity (Wildman–Crippen MR) is 34.9 cm³/mol. The fourth-order valence-electron chi connectivity index (χ4n) is 1.22. The van der Waals surface area contributed by atoms with E-state index in [1.165, 1.54) is 0 Å². The third-order valence-electron chi connectivity index (χ3n) is 1.94. The van der Waals surface area contributed by atoms with Crippen molar-refractivity contribution in [2.24, 2.45) is 0 Å². The van der Waals surface area contributed by atoms with Crippen LogP contribution in [0, 0.1) is 0 Å². The van der Waals surface area contributed by atoms with E-state index < -0.39 is 0 Å². The predicted octanol–water partition coefficient (Wildman–Crippen LogP) is 0.191. The second-order valence-electron chi connectivity index (χ2n) is 2.71. The first-order valence-corrected chi connectivity index (χ1v) is 3.78. The molecule has 2 aliphatic rings. The maximum atomic E-state index is 5.48. The van der Waals surface area contributed by atoms with Gasteiger partial charge >= 0.3 is 0 Å². The molecule has 2 aliphatic heterocycles. The summed E-state index contributed by atoms with van der Waals surface area (Å²) in [5.41, 5.74) is 0. The van der Waals surface area contributed by atoms with Crippen LogP contribution in [0.5, 0.6) is 0 Å². The molecule has 2 unspecified atom stereocenters. The minimum Gasteiger partial charge on any atom is -0.379 e. The van der Waals surface area contributed by atoms with Crippen LogP contribution in [0.25, 0.3) is 0 Å².